The monoisotopic (exact) mass is 342 g/mol. The van der Waals surface area contributed by atoms with E-state index in [1.165, 1.54) is 6.26 Å². The Morgan fingerprint density at radius 1 is 1.00 bits per heavy atom. The van der Waals surface area contributed by atoms with Gasteiger partial charge in [0.25, 0.3) is 5.56 Å². The van der Waals surface area contributed by atoms with Gasteiger partial charge in [0.15, 0.2) is 0 Å². The quantitative estimate of drug-likeness (QED) is 0.492. The number of fused-ring (bicyclic) bond motifs is 3. The highest BCUT2D eigenvalue weighted by Crippen LogP contribution is 2.25. The number of nitrogens with zero attached hydrogens (tertiary/aromatic N) is 4. The third-order valence-electron chi connectivity index (χ3n) is 4.54. The number of hydrogen-bond donors (Lipinski definition) is 0. The molecule has 3 aromatic heterocycles. The molecule has 0 fully saturated rings. The molecular weight excluding hydrogens is 328 g/mol. The van der Waals surface area contributed by atoms with Crippen LogP contribution in [0.3, 0.4) is 0 Å². The highest BCUT2D eigenvalue weighted by atomic mass is 16.3. The molecule has 26 heavy (non-hydrogen) atoms. The summed E-state index contributed by atoms with van der Waals surface area (Å²) in [5.41, 5.74) is 4.00. The van der Waals surface area contributed by atoms with Gasteiger partial charge < -0.3 is 4.42 Å². The zero-order valence-electron chi connectivity index (χ0n) is 14.0. The van der Waals surface area contributed by atoms with Gasteiger partial charge in [-0.3, -0.25) is 9.36 Å². The Balaban J connectivity index is 1.86. The Bertz CT molecular complexity index is 1300. The summed E-state index contributed by atoms with van der Waals surface area (Å²) in [4.78, 5) is 17.0. The summed E-state index contributed by atoms with van der Waals surface area (Å²) in [6.07, 6.45) is 3.13. The summed E-state index contributed by atoms with van der Waals surface area (Å²) in [6.45, 7) is 0. The molecule has 0 N–H and O–H groups in total. The average Bonchev–Trinajstić information content (AvgIpc) is 3.36. The van der Waals surface area contributed by atoms with E-state index in [1.54, 1.807) is 28.4 Å². The van der Waals surface area contributed by atoms with Gasteiger partial charge in [-0.05, 0) is 18.2 Å². The SMILES string of the molecule is Cn1c(=O)c2ccc(-c3ncco3)cc2n2nc(-c3ccccc3)cc12. The van der Waals surface area contributed by atoms with Gasteiger partial charge in [-0.1, -0.05) is 30.3 Å². The third kappa shape index (κ3) is 2.09. The van der Waals surface area contributed by atoms with Gasteiger partial charge in [-0.2, -0.15) is 5.10 Å². The summed E-state index contributed by atoms with van der Waals surface area (Å²) < 4.78 is 8.80. The minimum atomic E-state index is -0.0639. The van der Waals surface area contributed by atoms with Crippen molar-refractivity contribution in [2.24, 2.45) is 7.05 Å². The van der Waals surface area contributed by atoms with Crippen LogP contribution in [0.2, 0.25) is 0 Å². The normalized spacial score (nSPS) is 11.4. The lowest BCUT2D eigenvalue weighted by Gasteiger charge is -2.07. The van der Waals surface area contributed by atoms with Crippen LogP contribution in [0.25, 0.3) is 39.3 Å². The molecule has 5 rings (SSSR count). The van der Waals surface area contributed by atoms with Crippen molar-refractivity contribution in [3.8, 4) is 22.7 Å². The molecule has 0 aliphatic rings. The fraction of sp³-hybridized carbons (Fsp3) is 0.0500. The summed E-state index contributed by atoms with van der Waals surface area (Å²) in [5, 5.41) is 5.34. The second kappa shape index (κ2) is 5.42. The van der Waals surface area contributed by atoms with Crippen molar-refractivity contribution >= 4 is 16.6 Å². The van der Waals surface area contributed by atoms with Gasteiger partial charge in [0.05, 0.1) is 22.8 Å². The van der Waals surface area contributed by atoms with E-state index in [-0.39, 0.29) is 5.56 Å². The maximum Gasteiger partial charge on any atom is 0.261 e. The molecule has 0 saturated heterocycles. The van der Waals surface area contributed by atoms with Crippen molar-refractivity contribution < 1.29 is 4.42 Å². The molecule has 0 saturated carbocycles. The van der Waals surface area contributed by atoms with Crippen molar-refractivity contribution in [2.75, 3.05) is 0 Å². The van der Waals surface area contributed by atoms with Crippen molar-refractivity contribution in [3.05, 3.63) is 77.4 Å². The molecule has 0 amide bonds. The summed E-state index contributed by atoms with van der Waals surface area (Å²) >= 11 is 0. The molecule has 6 nitrogen and oxygen atoms in total. The van der Waals surface area contributed by atoms with Crippen LogP contribution >= 0.6 is 0 Å². The molecule has 0 unspecified atom stereocenters. The lowest BCUT2D eigenvalue weighted by Crippen LogP contribution is -2.19. The second-order valence-electron chi connectivity index (χ2n) is 6.10. The topological polar surface area (TPSA) is 65.3 Å². The molecule has 126 valence electrons. The molecule has 0 aliphatic heterocycles. The first-order valence-corrected chi connectivity index (χ1v) is 8.20. The van der Waals surface area contributed by atoms with E-state index < -0.39 is 0 Å². The minimum Gasteiger partial charge on any atom is -0.445 e. The Morgan fingerprint density at radius 3 is 2.62 bits per heavy atom. The van der Waals surface area contributed by atoms with E-state index in [0.717, 1.165) is 28.0 Å². The molecule has 6 heteroatoms. The van der Waals surface area contributed by atoms with Crippen LogP contribution in [0.4, 0.5) is 0 Å². The number of rotatable bonds is 2. The average molecular weight is 342 g/mol. The largest absolute Gasteiger partial charge is 0.445 e. The fourth-order valence-electron chi connectivity index (χ4n) is 3.21. The van der Waals surface area contributed by atoms with Gasteiger partial charge in [0.2, 0.25) is 5.89 Å². The lowest BCUT2D eigenvalue weighted by atomic mass is 10.1. The Kier molecular flexibility index (Phi) is 3.05. The molecule has 3 heterocycles. The summed E-state index contributed by atoms with van der Waals surface area (Å²) in [6, 6.07) is 17.3. The van der Waals surface area contributed by atoms with E-state index >= 15 is 0 Å². The van der Waals surface area contributed by atoms with Gasteiger partial charge in [0, 0.05) is 24.2 Å². The van der Waals surface area contributed by atoms with E-state index in [4.69, 9.17) is 9.52 Å². The lowest BCUT2D eigenvalue weighted by molar-refractivity contribution is 0.574. The van der Waals surface area contributed by atoms with Crippen molar-refractivity contribution in [1.29, 1.82) is 0 Å². The molecule has 0 atom stereocenters. The standard InChI is InChI=1S/C20H14N4O2/c1-23-18-12-16(13-5-3-2-4-6-13)22-24(18)17-11-14(19-21-9-10-26-19)7-8-15(17)20(23)25/h2-12H,1H3. The third-order valence-corrected chi connectivity index (χ3v) is 4.54. The maximum atomic E-state index is 12.8. The van der Waals surface area contributed by atoms with Crippen LogP contribution in [-0.2, 0) is 7.05 Å². The number of aryl methyl sites for hydroxylation is 1. The predicted octanol–water partition coefficient (Wildman–Crippen LogP) is 3.51. The smallest absolute Gasteiger partial charge is 0.261 e. The second-order valence-corrected chi connectivity index (χ2v) is 6.10. The molecule has 0 radical (unpaired) electrons. The first kappa shape index (κ1) is 14.7. The Hall–Kier alpha value is -3.67. The van der Waals surface area contributed by atoms with E-state index in [9.17, 15) is 4.79 Å². The minimum absolute atomic E-state index is 0.0639. The van der Waals surface area contributed by atoms with E-state index in [2.05, 4.69) is 4.98 Å². The van der Waals surface area contributed by atoms with Gasteiger partial charge in [-0.15, -0.1) is 0 Å². The zero-order valence-corrected chi connectivity index (χ0v) is 14.0. The fourth-order valence-corrected chi connectivity index (χ4v) is 3.21. The highest BCUT2D eigenvalue weighted by Gasteiger charge is 2.14. The molecule has 0 aliphatic carbocycles. The zero-order chi connectivity index (χ0) is 17.7. The Morgan fingerprint density at radius 2 is 1.85 bits per heavy atom. The van der Waals surface area contributed by atoms with Crippen LogP contribution in [0.5, 0.6) is 0 Å². The van der Waals surface area contributed by atoms with Crippen LogP contribution < -0.4 is 5.56 Å². The molecule has 0 bridgehead atoms. The summed E-state index contributed by atoms with van der Waals surface area (Å²) in [5.74, 6) is 0.510. The summed E-state index contributed by atoms with van der Waals surface area (Å²) in [7, 11) is 1.76. The molecule has 0 spiro atoms. The van der Waals surface area contributed by atoms with Gasteiger partial charge in [0.1, 0.15) is 11.9 Å². The van der Waals surface area contributed by atoms with E-state index in [0.29, 0.717) is 11.3 Å². The maximum absolute atomic E-state index is 12.8. The van der Waals surface area contributed by atoms with Crippen LogP contribution in [0, 0.1) is 0 Å². The molecular formula is C20H14N4O2. The van der Waals surface area contributed by atoms with Crippen LogP contribution in [-0.4, -0.2) is 19.2 Å². The Labute approximate surface area is 148 Å². The van der Waals surface area contributed by atoms with Crippen molar-refractivity contribution in [2.45, 2.75) is 0 Å². The molecule has 5 aromatic rings. The number of aromatic nitrogens is 4. The first-order chi connectivity index (χ1) is 12.7. The van der Waals surface area contributed by atoms with Gasteiger partial charge >= 0.3 is 0 Å². The van der Waals surface area contributed by atoms with Crippen molar-refractivity contribution in [1.82, 2.24) is 19.2 Å². The van der Waals surface area contributed by atoms with Gasteiger partial charge in [-0.25, -0.2) is 9.50 Å². The first-order valence-electron chi connectivity index (χ1n) is 8.20. The number of oxazole rings is 1. The number of hydrogen-bond acceptors (Lipinski definition) is 4. The highest BCUT2D eigenvalue weighted by molar-refractivity contribution is 5.85. The van der Waals surface area contributed by atoms with Crippen LogP contribution in [0.15, 0.2) is 76.3 Å². The van der Waals surface area contributed by atoms with E-state index in [1.807, 2.05) is 48.5 Å². The molecule has 2 aromatic carbocycles. The van der Waals surface area contributed by atoms with Crippen molar-refractivity contribution in [3.63, 3.8) is 0 Å². The van der Waals surface area contributed by atoms with Crippen LogP contribution in [0.1, 0.15) is 0 Å². The predicted molar refractivity (Wildman–Crippen MR) is 98.9 cm³/mol. The number of benzene rings is 2.